The molecule has 34 heavy (non-hydrogen) atoms. The minimum atomic E-state index is -1.37. The van der Waals surface area contributed by atoms with E-state index in [4.69, 9.17) is 30.5 Å². The predicted molar refractivity (Wildman–Crippen MR) is 124 cm³/mol. The zero-order valence-corrected chi connectivity index (χ0v) is 20.0. The molecule has 1 aliphatic rings. The van der Waals surface area contributed by atoms with E-state index in [1.165, 1.54) is 13.8 Å². The van der Waals surface area contributed by atoms with Crippen molar-refractivity contribution in [2.75, 3.05) is 13.2 Å². The fraction of sp³-hybridized carbons (Fsp3) is 0.440. The van der Waals surface area contributed by atoms with Gasteiger partial charge in [-0.2, -0.15) is 0 Å². The molecule has 8 nitrogen and oxygen atoms in total. The number of carbonyl (C=O) groups excluding carboxylic acids is 2. The molecule has 0 aliphatic carbocycles. The fourth-order valence-electron chi connectivity index (χ4n) is 3.89. The summed E-state index contributed by atoms with van der Waals surface area (Å²) in [5, 5.41) is 21.9. The second-order valence-electron chi connectivity index (χ2n) is 8.06. The number of carbonyl (C=O) groups is 2. The Morgan fingerprint density at radius 1 is 1.06 bits per heavy atom. The number of aliphatic hydroxyl groups excluding tert-OH is 2. The van der Waals surface area contributed by atoms with Gasteiger partial charge in [0.25, 0.3) is 0 Å². The van der Waals surface area contributed by atoms with Gasteiger partial charge in [-0.05, 0) is 48.2 Å². The third-order valence-corrected chi connectivity index (χ3v) is 5.83. The van der Waals surface area contributed by atoms with E-state index in [0.717, 1.165) is 16.9 Å². The summed E-state index contributed by atoms with van der Waals surface area (Å²) < 4.78 is 21.5. The number of halogens is 1. The molecule has 5 atom stereocenters. The van der Waals surface area contributed by atoms with Crippen LogP contribution in [-0.4, -0.2) is 59.8 Å². The highest BCUT2D eigenvalue weighted by molar-refractivity contribution is 6.31. The Bertz CT molecular complexity index is 993. The molecule has 0 bridgehead atoms. The third-order valence-electron chi connectivity index (χ3n) is 5.46. The van der Waals surface area contributed by atoms with Crippen molar-refractivity contribution >= 4 is 23.5 Å². The molecule has 2 aromatic carbocycles. The zero-order valence-electron chi connectivity index (χ0n) is 19.3. The molecule has 0 aromatic heterocycles. The fourth-order valence-corrected chi connectivity index (χ4v) is 4.08. The second kappa shape index (κ2) is 11.7. The van der Waals surface area contributed by atoms with E-state index in [0.29, 0.717) is 23.6 Å². The first-order valence-corrected chi connectivity index (χ1v) is 11.4. The minimum absolute atomic E-state index is 0.306. The Hall–Kier alpha value is -2.65. The SMILES string of the molecule is CCOc1ccc(Cc2cc([C@H]3O[C@@H]([C@@H](COC(C)=O)OC(C)=O)[C@@H](O)[C@@H]3O)ccc2Cl)cc1. The summed E-state index contributed by atoms with van der Waals surface area (Å²) in [6.07, 6.45) is -5.18. The van der Waals surface area contributed by atoms with Crippen LogP contribution in [0.5, 0.6) is 5.75 Å². The van der Waals surface area contributed by atoms with Gasteiger partial charge in [0.05, 0.1) is 6.61 Å². The number of hydrogen-bond donors (Lipinski definition) is 2. The molecular weight excluding hydrogens is 464 g/mol. The van der Waals surface area contributed by atoms with Crippen molar-refractivity contribution in [1.82, 2.24) is 0 Å². The van der Waals surface area contributed by atoms with Crippen molar-refractivity contribution in [3.05, 3.63) is 64.2 Å². The molecule has 1 aliphatic heterocycles. The van der Waals surface area contributed by atoms with Crippen LogP contribution in [0, 0.1) is 0 Å². The summed E-state index contributed by atoms with van der Waals surface area (Å²) in [7, 11) is 0. The summed E-state index contributed by atoms with van der Waals surface area (Å²) in [6, 6.07) is 12.9. The van der Waals surface area contributed by atoms with Crippen molar-refractivity contribution in [3.63, 3.8) is 0 Å². The molecular formula is C25H29ClO8. The van der Waals surface area contributed by atoms with E-state index < -0.39 is 42.5 Å². The molecule has 0 unspecified atom stereocenters. The minimum Gasteiger partial charge on any atom is -0.494 e. The number of aliphatic hydroxyl groups is 2. The van der Waals surface area contributed by atoms with Crippen molar-refractivity contribution in [2.45, 2.75) is 57.7 Å². The molecule has 0 amide bonds. The third kappa shape index (κ3) is 6.48. The second-order valence-corrected chi connectivity index (χ2v) is 8.46. The van der Waals surface area contributed by atoms with Crippen LogP contribution >= 0.6 is 11.6 Å². The number of ether oxygens (including phenoxy) is 4. The van der Waals surface area contributed by atoms with Gasteiger partial charge < -0.3 is 29.2 Å². The predicted octanol–water partition coefficient (Wildman–Crippen LogP) is 2.99. The lowest BCUT2D eigenvalue weighted by Gasteiger charge is -2.24. The molecule has 0 spiro atoms. The molecule has 184 valence electrons. The zero-order chi connectivity index (χ0) is 24.8. The van der Waals surface area contributed by atoms with Crippen molar-refractivity contribution in [1.29, 1.82) is 0 Å². The monoisotopic (exact) mass is 492 g/mol. The lowest BCUT2D eigenvalue weighted by Crippen LogP contribution is -2.43. The first-order valence-electron chi connectivity index (χ1n) is 11.0. The largest absolute Gasteiger partial charge is 0.494 e. The normalized spacial score (nSPS) is 22.8. The van der Waals surface area contributed by atoms with E-state index in [2.05, 4.69) is 0 Å². The lowest BCUT2D eigenvalue weighted by atomic mass is 9.96. The van der Waals surface area contributed by atoms with Crippen LogP contribution < -0.4 is 4.74 Å². The molecule has 2 N–H and O–H groups in total. The van der Waals surface area contributed by atoms with Crippen molar-refractivity contribution in [2.24, 2.45) is 0 Å². The van der Waals surface area contributed by atoms with Crippen LogP contribution in [0.3, 0.4) is 0 Å². The van der Waals surface area contributed by atoms with Crippen molar-refractivity contribution < 1.29 is 38.7 Å². The highest BCUT2D eigenvalue weighted by atomic mass is 35.5. The van der Waals surface area contributed by atoms with Gasteiger partial charge in [-0.15, -0.1) is 0 Å². The van der Waals surface area contributed by atoms with Crippen molar-refractivity contribution in [3.8, 4) is 5.75 Å². The molecule has 0 radical (unpaired) electrons. The van der Waals surface area contributed by atoms with Crippen LogP contribution in [0.2, 0.25) is 5.02 Å². The van der Waals surface area contributed by atoms with Gasteiger partial charge in [0.1, 0.15) is 36.8 Å². The van der Waals surface area contributed by atoms with Crippen LogP contribution in [0.1, 0.15) is 43.6 Å². The Kier molecular flexibility index (Phi) is 8.90. The Labute approximate surface area is 203 Å². The van der Waals surface area contributed by atoms with Crippen LogP contribution in [0.4, 0.5) is 0 Å². The van der Waals surface area contributed by atoms with Crippen LogP contribution in [0.25, 0.3) is 0 Å². The Morgan fingerprint density at radius 3 is 2.38 bits per heavy atom. The van der Waals surface area contributed by atoms with Crippen LogP contribution in [-0.2, 0) is 30.2 Å². The van der Waals surface area contributed by atoms with Crippen LogP contribution in [0.15, 0.2) is 42.5 Å². The highest BCUT2D eigenvalue weighted by Gasteiger charge is 2.48. The molecule has 2 aromatic rings. The van der Waals surface area contributed by atoms with E-state index >= 15 is 0 Å². The summed E-state index contributed by atoms with van der Waals surface area (Å²) >= 11 is 6.42. The summed E-state index contributed by atoms with van der Waals surface area (Å²) in [4.78, 5) is 22.7. The molecule has 1 fully saturated rings. The molecule has 9 heteroatoms. The van der Waals surface area contributed by atoms with Gasteiger partial charge in [0.2, 0.25) is 0 Å². The van der Waals surface area contributed by atoms with E-state index in [-0.39, 0.29) is 6.61 Å². The number of esters is 2. The average molecular weight is 493 g/mol. The first-order chi connectivity index (χ1) is 16.2. The van der Waals surface area contributed by atoms with Gasteiger partial charge in [-0.3, -0.25) is 9.59 Å². The summed E-state index contributed by atoms with van der Waals surface area (Å²) in [6.45, 7) is 4.62. The molecule has 3 rings (SSSR count). The smallest absolute Gasteiger partial charge is 0.303 e. The molecule has 1 saturated heterocycles. The van der Waals surface area contributed by atoms with Gasteiger partial charge in [0, 0.05) is 18.9 Å². The van der Waals surface area contributed by atoms with E-state index in [1.54, 1.807) is 12.1 Å². The Balaban J connectivity index is 1.79. The summed E-state index contributed by atoms with van der Waals surface area (Å²) in [5.41, 5.74) is 2.44. The van der Waals surface area contributed by atoms with E-state index in [1.807, 2.05) is 37.3 Å². The van der Waals surface area contributed by atoms with Gasteiger partial charge in [-0.1, -0.05) is 35.9 Å². The van der Waals surface area contributed by atoms with Gasteiger partial charge in [0.15, 0.2) is 6.10 Å². The molecule has 1 heterocycles. The maximum atomic E-state index is 11.5. The summed E-state index contributed by atoms with van der Waals surface area (Å²) in [5.74, 6) is -0.418. The standard InChI is InChI=1S/C25H29ClO8/c1-4-31-19-8-5-16(6-9-19)11-18-12-17(7-10-20(18)26)24-22(29)23(30)25(34-24)21(33-15(3)28)13-32-14(2)27/h5-10,12,21-25,29-30H,4,11,13H2,1-3H3/t21-,22+,23+,24-,25+/m1/s1. The highest BCUT2D eigenvalue weighted by Crippen LogP contribution is 2.37. The Morgan fingerprint density at radius 2 is 1.76 bits per heavy atom. The number of hydrogen-bond acceptors (Lipinski definition) is 8. The molecule has 0 saturated carbocycles. The van der Waals surface area contributed by atoms with Gasteiger partial charge in [-0.25, -0.2) is 0 Å². The maximum Gasteiger partial charge on any atom is 0.303 e. The topological polar surface area (TPSA) is 112 Å². The first kappa shape index (κ1) is 26.0. The number of rotatable bonds is 9. The van der Waals surface area contributed by atoms with E-state index in [9.17, 15) is 19.8 Å². The average Bonchev–Trinajstić information content (AvgIpc) is 3.08. The quantitative estimate of drug-likeness (QED) is 0.514. The lowest BCUT2D eigenvalue weighted by molar-refractivity contribution is -0.169. The number of benzene rings is 2. The van der Waals surface area contributed by atoms with Gasteiger partial charge >= 0.3 is 11.9 Å². The maximum absolute atomic E-state index is 11.5.